The Balaban J connectivity index is 3.35. The molecule has 0 amide bonds. The molecule has 0 aromatic heterocycles. The van der Waals surface area contributed by atoms with Gasteiger partial charge in [0.2, 0.25) is 0 Å². The summed E-state index contributed by atoms with van der Waals surface area (Å²) in [5, 5.41) is 0. The molecule has 0 atom stereocenters. The molecule has 0 saturated carbocycles. The summed E-state index contributed by atoms with van der Waals surface area (Å²) >= 11 is 0. The van der Waals surface area contributed by atoms with Gasteiger partial charge in [0, 0.05) is 0 Å². The molecule has 4 heteroatoms. The van der Waals surface area contributed by atoms with Gasteiger partial charge in [-0.3, -0.25) is 0 Å². The summed E-state index contributed by atoms with van der Waals surface area (Å²) in [5.74, 6) is -0.552. The van der Waals surface area contributed by atoms with Gasteiger partial charge < -0.3 is 9.47 Å². The SMILES string of the molecule is C=C(/C=C(/C)OC)/C(C)=C1/C(=O)OC(=O)C1=C(C)C. The summed E-state index contributed by atoms with van der Waals surface area (Å²) in [6.45, 7) is 10.9. The summed E-state index contributed by atoms with van der Waals surface area (Å²) in [6, 6.07) is 0. The molecule has 0 unspecified atom stereocenters. The van der Waals surface area contributed by atoms with E-state index in [1.807, 2.05) is 0 Å². The van der Waals surface area contributed by atoms with Gasteiger partial charge >= 0.3 is 11.9 Å². The van der Waals surface area contributed by atoms with Crippen molar-refractivity contribution in [2.75, 3.05) is 7.11 Å². The molecule has 1 heterocycles. The third-order valence-electron chi connectivity index (χ3n) is 2.90. The van der Waals surface area contributed by atoms with Gasteiger partial charge in [-0.1, -0.05) is 12.2 Å². The smallest absolute Gasteiger partial charge is 0.347 e. The van der Waals surface area contributed by atoms with Gasteiger partial charge in [0.15, 0.2) is 0 Å². The van der Waals surface area contributed by atoms with Crippen LogP contribution in [0.2, 0.25) is 0 Å². The summed E-state index contributed by atoms with van der Waals surface area (Å²) < 4.78 is 9.70. The predicted octanol–water partition coefficient (Wildman–Crippen LogP) is 2.83. The molecule has 0 aromatic carbocycles. The van der Waals surface area contributed by atoms with Crippen LogP contribution in [-0.2, 0) is 19.1 Å². The van der Waals surface area contributed by atoms with Gasteiger partial charge in [0.25, 0.3) is 0 Å². The van der Waals surface area contributed by atoms with Crippen molar-refractivity contribution >= 4 is 11.9 Å². The van der Waals surface area contributed by atoms with E-state index >= 15 is 0 Å². The number of esters is 2. The van der Waals surface area contributed by atoms with Gasteiger partial charge in [0.1, 0.15) is 0 Å². The largest absolute Gasteiger partial charge is 0.501 e. The topological polar surface area (TPSA) is 52.6 Å². The molecule has 1 rings (SSSR count). The minimum atomic E-state index is -0.622. The van der Waals surface area contributed by atoms with Crippen molar-refractivity contribution in [3.05, 3.63) is 46.3 Å². The molecular formula is C15H18O4. The maximum absolute atomic E-state index is 11.8. The Morgan fingerprint density at radius 2 is 1.63 bits per heavy atom. The van der Waals surface area contributed by atoms with Crippen LogP contribution >= 0.6 is 0 Å². The van der Waals surface area contributed by atoms with E-state index < -0.39 is 11.9 Å². The highest BCUT2D eigenvalue weighted by atomic mass is 16.6. The van der Waals surface area contributed by atoms with Crippen LogP contribution in [0.3, 0.4) is 0 Å². The van der Waals surface area contributed by atoms with Crippen molar-refractivity contribution in [2.24, 2.45) is 0 Å². The Kier molecular flexibility index (Phi) is 4.48. The van der Waals surface area contributed by atoms with Crippen molar-refractivity contribution in [2.45, 2.75) is 27.7 Å². The average molecular weight is 262 g/mol. The second-order valence-electron chi connectivity index (χ2n) is 4.54. The first-order chi connectivity index (χ1) is 8.79. The summed E-state index contributed by atoms with van der Waals surface area (Å²) in [4.78, 5) is 23.4. The number of carbonyl (C=O) groups excluding carboxylic acids is 2. The zero-order valence-electron chi connectivity index (χ0n) is 11.9. The van der Waals surface area contributed by atoms with Crippen LogP contribution in [-0.4, -0.2) is 19.0 Å². The molecule has 1 fully saturated rings. The molecule has 4 nitrogen and oxygen atoms in total. The zero-order valence-corrected chi connectivity index (χ0v) is 11.9. The van der Waals surface area contributed by atoms with E-state index in [1.165, 1.54) is 0 Å². The monoisotopic (exact) mass is 262 g/mol. The fourth-order valence-corrected chi connectivity index (χ4v) is 1.76. The van der Waals surface area contributed by atoms with E-state index in [2.05, 4.69) is 11.3 Å². The lowest BCUT2D eigenvalue weighted by Crippen LogP contribution is -2.01. The number of ether oxygens (including phenoxy) is 2. The van der Waals surface area contributed by atoms with Crippen molar-refractivity contribution in [3.63, 3.8) is 0 Å². The van der Waals surface area contributed by atoms with Crippen molar-refractivity contribution in [1.82, 2.24) is 0 Å². The van der Waals surface area contributed by atoms with Crippen LogP contribution in [0.5, 0.6) is 0 Å². The first kappa shape index (κ1) is 15.0. The van der Waals surface area contributed by atoms with Crippen molar-refractivity contribution < 1.29 is 19.1 Å². The van der Waals surface area contributed by atoms with Gasteiger partial charge in [-0.25, -0.2) is 9.59 Å². The maximum atomic E-state index is 11.8. The van der Waals surface area contributed by atoms with Crippen LogP contribution < -0.4 is 0 Å². The lowest BCUT2D eigenvalue weighted by atomic mass is 9.95. The Labute approximate surface area is 113 Å². The fraction of sp³-hybridized carbons (Fsp3) is 0.333. The molecule has 1 aliphatic heterocycles. The summed E-state index contributed by atoms with van der Waals surface area (Å²) in [6.07, 6.45) is 1.71. The minimum absolute atomic E-state index is 0.287. The molecule has 0 aliphatic carbocycles. The van der Waals surface area contributed by atoms with Crippen LogP contribution in [0.1, 0.15) is 27.7 Å². The molecule has 19 heavy (non-hydrogen) atoms. The molecule has 0 aromatic rings. The average Bonchev–Trinajstić information content (AvgIpc) is 2.62. The van der Waals surface area contributed by atoms with Gasteiger partial charge in [-0.2, -0.15) is 0 Å². The quantitative estimate of drug-likeness (QED) is 0.258. The minimum Gasteiger partial charge on any atom is -0.501 e. The van der Waals surface area contributed by atoms with Gasteiger partial charge in [0.05, 0.1) is 24.0 Å². The second kappa shape index (κ2) is 5.69. The number of rotatable bonds is 3. The van der Waals surface area contributed by atoms with Crippen LogP contribution in [0.4, 0.5) is 0 Å². The van der Waals surface area contributed by atoms with E-state index in [9.17, 15) is 9.59 Å². The summed E-state index contributed by atoms with van der Waals surface area (Å²) in [7, 11) is 1.55. The van der Waals surface area contributed by atoms with E-state index in [1.54, 1.807) is 40.9 Å². The fourth-order valence-electron chi connectivity index (χ4n) is 1.76. The Bertz CT molecular complexity index is 540. The molecule has 0 spiro atoms. The van der Waals surface area contributed by atoms with E-state index in [4.69, 9.17) is 4.74 Å². The molecule has 0 radical (unpaired) electrons. The first-order valence-electron chi connectivity index (χ1n) is 5.86. The molecule has 0 bridgehead atoms. The molecule has 1 aliphatic rings. The first-order valence-corrected chi connectivity index (χ1v) is 5.86. The highest BCUT2D eigenvalue weighted by Gasteiger charge is 2.36. The second-order valence-corrected chi connectivity index (χ2v) is 4.54. The zero-order chi connectivity index (χ0) is 14.7. The number of hydrogen-bond acceptors (Lipinski definition) is 4. The third-order valence-corrected chi connectivity index (χ3v) is 2.90. The Morgan fingerprint density at radius 1 is 1.11 bits per heavy atom. The Hall–Kier alpha value is -2.10. The van der Waals surface area contributed by atoms with Crippen LogP contribution in [0.15, 0.2) is 46.3 Å². The standard InChI is InChI=1S/C15H18O4/c1-8(2)12-13(15(17)19-14(12)16)11(5)9(3)7-10(4)18-6/h7H,3H2,1-2,4-6H3/b10-7-,13-11+. The van der Waals surface area contributed by atoms with Crippen molar-refractivity contribution in [1.29, 1.82) is 0 Å². The molecule has 1 saturated heterocycles. The highest BCUT2D eigenvalue weighted by molar-refractivity contribution is 6.19. The number of methoxy groups -OCH3 is 1. The Morgan fingerprint density at radius 3 is 2.11 bits per heavy atom. The lowest BCUT2D eigenvalue weighted by molar-refractivity contribution is -0.149. The van der Waals surface area contributed by atoms with E-state index in [0.29, 0.717) is 22.5 Å². The number of allylic oxidation sites excluding steroid dienone is 5. The lowest BCUT2D eigenvalue weighted by Gasteiger charge is -2.06. The summed E-state index contributed by atoms with van der Waals surface area (Å²) in [5.41, 5.74) is 2.58. The van der Waals surface area contributed by atoms with E-state index in [0.717, 1.165) is 5.57 Å². The molecule has 0 N–H and O–H groups in total. The number of carbonyl (C=O) groups is 2. The molecule has 102 valence electrons. The molecular weight excluding hydrogens is 244 g/mol. The number of hydrogen-bond donors (Lipinski definition) is 0. The van der Waals surface area contributed by atoms with Crippen LogP contribution in [0, 0.1) is 0 Å². The number of cyclic esters (lactones) is 2. The van der Waals surface area contributed by atoms with Crippen LogP contribution in [0.25, 0.3) is 0 Å². The maximum Gasteiger partial charge on any atom is 0.347 e. The predicted molar refractivity (Wildman–Crippen MR) is 72.1 cm³/mol. The van der Waals surface area contributed by atoms with Gasteiger partial charge in [-0.15, -0.1) is 0 Å². The highest BCUT2D eigenvalue weighted by Crippen LogP contribution is 2.30. The third kappa shape index (κ3) is 3.02. The van der Waals surface area contributed by atoms with E-state index in [-0.39, 0.29) is 5.57 Å². The van der Waals surface area contributed by atoms with Crippen molar-refractivity contribution in [3.8, 4) is 0 Å². The van der Waals surface area contributed by atoms with Gasteiger partial charge in [-0.05, 0) is 44.9 Å². The normalized spacial score (nSPS) is 18.4.